The van der Waals surface area contributed by atoms with Crippen LogP contribution in [-0.4, -0.2) is 120 Å². The molecule has 0 saturated carbocycles. The Morgan fingerprint density at radius 1 is 0.575 bits per heavy atom. The largest absolute Gasteiger partial charge is 0.382 e. The van der Waals surface area contributed by atoms with Gasteiger partial charge in [-0.05, 0) is 102 Å². The van der Waals surface area contributed by atoms with Gasteiger partial charge in [0.15, 0.2) is 34.0 Å². The quantitative estimate of drug-likeness (QED) is 0.0420. The maximum atomic E-state index is 13.5. The highest BCUT2D eigenvalue weighted by Gasteiger charge is 2.43. The van der Waals surface area contributed by atoms with Crippen molar-refractivity contribution >= 4 is 56.3 Å². The summed E-state index contributed by atoms with van der Waals surface area (Å²) in [4.78, 5) is 65.4. The van der Waals surface area contributed by atoms with E-state index in [0.717, 1.165) is 61.6 Å². The first-order chi connectivity index (χ1) is 38.1. The average molecular weight is 1120 g/mol. The minimum absolute atomic E-state index is 0. The molecule has 0 bridgehead atoms. The van der Waals surface area contributed by atoms with Gasteiger partial charge in [0.25, 0.3) is 11.8 Å². The van der Waals surface area contributed by atoms with Crippen LogP contribution in [0.2, 0.25) is 0 Å². The van der Waals surface area contributed by atoms with Crippen LogP contribution in [0.5, 0.6) is 0 Å². The smallest absolute Gasteiger partial charge is 0.255 e. The molecule has 0 unspecified atom stereocenters. The zero-order chi connectivity index (χ0) is 55.9. The van der Waals surface area contributed by atoms with Crippen LogP contribution in [-0.2, 0) is 32.3 Å². The molecule has 2 aliphatic heterocycles. The number of amides is 2. The fraction of sp³-hybridized carbons (Fsp3) is 0.333. The van der Waals surface area contributed by atoms with Crippen molar-refractivity contribution in [3.8, 4) is 11.4 Å². The monoisotopic (exact) mass is 1120 g/mol. The van der Waals surface area contributed by atoms with Gasteiger partial charge in [-0.15, -0.1) is 22.7 Å². The number of carbonyl (C=O) groups excluding carboxylic acids is 4. The van der Waals surface area contributed by atoms with Gasteiger partial charge in [0, 0.05) is 74.1 Å². The zero-order valence-electron chi connectivity index (χ0n) is 44.4. The molecule has 0 aliphatic carbocycles. The fourth-order valence-corrected chi connectivity index (χ4v) is 11.7. The molecule has 2 amide bonds. The van der Waals surface area contributed by atoms with Crippen LogP contribution in [0, 0.1) is 0 Å². The number of carbonyl (C=O) groups is 4. The summed E-state index contributed by atoms with van der Waals surface area (Å²) in [5.74, 6) is -3.02. The van der Waals surface area contributed by atoms with E-state index in [1.807, 2.05) is 167 Å². The van der Waals surface area contributed by atoms with E-state index in [4.69, 9.17) is 4.98 Å². The van der Waals surface area contributed by atoms with Gasteiger partial charge in [0.1, 0.15) is 24.3 Å². The number of thiazole rings is 2. The van der Waals surface area contributed by atoms with Gasteiger partial charge in [-0.2, -0.15) is 10.2 Å². The number of nitrogens with one attached hydrogen (secondary N) is 2. The molecule has 4 aromatic carbocycles. The van der Waals surface area contributed by atoms with Crippen LogP contribution in [0.4, 0.5) is 10.3 Å². The normalized spacial score (nSPS) is 16.7. The molecule has 0 spiro atoms. The number of ketones is 2. The van der Waals surface area contributed by atoms with Gasteiger partial charge in [0.05, 0.1) is 22.8 Å². The first-order valence-corrected chi connectivity index (χ1v) is 28.0. The molecule has 4 aromatic heterocycles. The summed E-state index contributed by atoms with van der Waals surface area (Å²) in [6.45, 7) is 11.0. The van der Waals surface area contributed by atoms with Gasteiger partial charge in [-0.1, -0.05) is 94.1 Å². The summed E-state index contributed by atoms with van der Waals surface area (Å²) in [6, 6.07) is 33.4. The topological polar surface area (TPSA) is 241 Å². The Morgan fingerprint density at radius 2 is 0.988 bits per heavy atom. The van der Waals surface area contributed by atoms with Crippen molar-refractivity contribution in [2.24, 2.45) is 0 Å². The molecule has 0 fully saturated rings. The molecule has 8 atom stereocenters. The summed E-state index contributed by atoms with van der Waals surface area (Å²) < 4.78 is 3.48. The Balaban J connectivity index is 0.000000208. The van der Waals surface area contributed by atoms with Crippen molar-refractivity contribution < 1.29 is 39.6 Å². The minimum atomic E-state index is -1.88. The number of hydrogen-bond acceptors (Lipinski definition) is 16. The maximum absolute atomic E-state index is 13.5. The number of anilines is 2. The molecule has 8 aromatic rings. The van der Waals surface area contributed by atoms with Gasteiger partial charge in [-0.25, -0.2) is 19.3 Å². The van der Waals surface area contributed by atoms with Crippen molar-refractivity contribution in [3.63, 3.8) is 0 Å². The van der Waals surface area contributed by atoms with Crippen LogP contribution >= 0.6 is 22.7 Å². The first kappa shape index (κ1) is 58.4. The SMILES string of the molecule is C.CC(C)Nc1nc([C@H]2c3ccccc3CN2C(=O)[C@H](O)[C@@H](O)C(=O)C[C@H](C)c2ccc(-n3cccn3)cc2)cs1.CCNc1nc([C@H]2c3ccccc3CN2C(=O)[C@H](O)[C@@H](O)C(=O)C[C@H](C)c2ccc(-n3cccn3)cc2)cs1. The number of hydrogen-bond donors (Lipinski definition) is 6. The van der Waals surface area contributed by atoms with Crippen molar-refractivity contribution in [1.82, 2.24) is 39.3 Å². The lowest BCUT2D eigenvalue weighted by molar-refractivity contribution is -0.153. The average Bonchev–Trinajstić information content (AvgIpc) is 4.40. The Morgan fingerprint density at radius 3 is 1.39 bits per heavy atom. The second-order valence-electron chi connectivity index (χ2n) is 20.1. The van der Waals surface area contributed by atoms with E-state index in [0.29, 0.717) is 11.4 Å². The molecule has 80 heavy (non-hydrogen) atoms. The number of Topliss-reactive ketones (excluding diaryl/α,β-unsaturated/α-hetero) is 2. The molecule has 418 valence electrons. The van der Waals surface area contributed by atoms with Crippen LogP contribution in [0.3, 0.4) is 0 Å². The predicted molar refractivity (Wildman–Crippen MR) is 309 cm³/mol. The Labute approximate surface area is 473 Å². The highest BCUT2D eigenvalue weighted by molar-refractivity contribution is 7.14. The van der Waals surface area contributed by atoms with E-state index in [2.05, 4.69) is 25.8 Å². The molecule has 0 saturated heterocycles. The molecular formula is C60H68N10O8S2. The van der Waals surface area contributed by atoms with E-state index in [1.54, 1.807) is 21.8 Å². The number of rotatable bonds is 20. The molecule has 6 N–H and O–H groups in total. The van der Waals surface area contributed by atoms with E-state index in [1.165, 1.54) is 32.5 Å². The van der Waals surface area contributed by atoms with Crippen LogP contribution in [0.25, 0.3) is 11.4 Å². The van der Waals surface area contributed by atoms with E-state index < -0.39 is 59.9 Å². The molecule has 18 nitrogen and oxygen atoms in total. The highest BCUT2D eigenvalue weighted by Crippen LogP contribution is 2.42. The van der Waals surface area contributed by atoms with E-state index in [9.17, 15) is 39.6 Å². The lowest BCUT2D eigenvalue weighted by atomic mass is 9.92. The third-order valence-corrected chi connectivity index (χ3v) is 15.8. The van der Waals surface area contributed by atoms with Crippen molar-refractivity contribution in [2.75, 3.05) is 17.2 Å². The summed E-state index contributed by atoms with van der Waals surface area (Å²) in [6.07, 6.45) is -0.390. The molecule has 0 radical (unpaired) electrons. The fourth-order valence-electron chi connectivity index (χ4n) is 9.99. The van der Waals surface area contributed by atoms with Crippen LogP contribution in [0.15, 0.2) is 145 Å². The van der Waals surface area contributed by atoms with Crippen LogP contribution in [0.1, 0.15) is 124 Å². The summed E-state index contributed by atoms with van der Waals surface area (Å²) in [5, 5.41) is 63.5. The number of aliphatic hydroxyl groups is 4. The number of fused-ring (bicyclic) bond motifs is 2. The second kappa shape index (κ2) is 26.0. The summed E-state index contributed by atoms with van der Waals surface area (Å²) >= 11 is 2.89. The molecule has 10 rings (SSSR count). The first-order valence-electron chi connectivity index (χ1n) is 26.3. The standard InChI is InChI=1S/C30H33N5O4S.C29H31N5O4S.CH4/c1-18(2)32-30-33-24(17-40-30)26-23-8-5-4-7-21(23)16-34(26)29(39)28(38)27(37)25(36)15-19(3)20-9-11-22(12-10-20)35-14-6-13-31-35;1-3-30-29-32-23(17-39-29)25-22-8-5-4-7-20(22)16-33(25)28(38)27(37)26(36)24(35)15-18(2)19-9-11-21(12-10-19)34-14-6-13-31-34;/h4-14,17-19,26-28,37-38H,15-16H2,1-3H3,(H,32,33);4-14,17-18,25-27,36-37H,3,15-16H2,1-2H3,(H,30,32);1H4/t19-,26+,27-,28+;18-,25+,26-,27+;/m00./s1. The predicted octanol–water partition coefficient (Wildman–Crippen LogP) is 8.38. The Hall–Kier alpha value is -7.72. The lowest BCUT2D eigenvalue weighted by Crippen LogP contribution is -2.47. The summed E-state index contributed by atoms with van der Waals surface area (Å²) in [7, 11) is 0. The molecule has 2 aliphatic rings. The Bertz CT molecular complexity index is 3350. The third-order valence-electron chi connectivity index (χ3n) is 14.2. The van der Waals surface area contributed by atoms with Gasteiger partial charge < -0.3 is 40.9 Å². The zero-order valence-corrected chi connectivity index (χ0v) is 46.0. The van der Waals surface area contributed by atoms with Crippen molar-refractivity contribution in [1.29, 1.82) is 0 Å². The molecule has 6 heterocycles. The van der Waals surface area contributed by atoms with Gasteiger partial charge in [0.2, 0.25) is 0 Å². The van der Waals surface area contributed by atoms with Crippen molar-refractivity contribution in [2.45, 2.75) is 122 Å². The van der Waals surface area contributed by atoms with Gasteiger partial charge in [-0.3, -0.25) is 19.2 Å². The number of benzene rings is 4. The van der Waals surface area contributed by atoms with Crippen LogP contribution < -0.4 is 10.6 Å². The van der Waals surface area contributed by atoms with E-state index in [-0.39, 0.29) is 51.2 Å². The lowest BCUT2D eigenvalue weighted by Gasteiger charge is -2.28. The van der Waals surface area contributed by atoms with Crippen molar-refractivity contribution in [3.05, 3.63) is 190 Å². The molecular weight excluding hydrogens is 1050 g/mol. The third kappa shape index (κ3) is 13.0. The van der Waals surface area contributed by atoms with E-state index >= 15 is 0 Å². The number of aliphatic hydroxyl groups excluding tert-OH is 4. The Kier molecular flexibility index (Phi) is 19.0. The number of nitrogens with zero attached hydrogens (tertiary/aromatic N) is 8. The molecule has 20 heteroatoms. The highest BCUT2D eigenvalue weighted by atomic mass is 32.1. The summed E-state index contributed by atoms with van der Waals surface area (Å²) in [5.41, 5.74) is 8.65. The second-order valence-corrected chi connectivity index (χ2v) is 21.8. The maximum Gasteiger partial charge on any atom is 0.255 e. The number of aromatic nitrogens is 6. The minimum Gasteiger partial charge on any atom is -0.382 e. The van der Waals surface area contributed by atoms with Gasteiger partial charge >= 0.3 is 0 Å².